The first-order chi connectivity index (χ1) is 10.9. The Labute approximate surface area is 138 Å². The van der Waals surface area contributed by atoms with E-state index in [-0.39, 0.29) is 16.5 Å². The van der Waals surface area contributed by atoms with Crippen molar-refractivity contribution >= 4 is 23.0 Å². The molecule has 0 radical (unpaired) electrons. The van der Waals surface area contributed by atoms with Crippen molar-refractivity contribution in [2.45, 2.75) is 13.1 Å². The van der Waals surface area contributed by atoms with Gasteiger partial charge in [0.15, 0.2) is 0 Å². The monoisotopic (exact) mass is 337 g/mol. The van der Waals surface area contributed by atoms with Gasteiger partial charge in [0.1, 0.15) is 5.82 Å². The first-order valence-corrected chi connectivity index (χ1v) is 7.34. The van der Waals surface area contributed by atoms with Gasteiger partial charge in [-0.2, -0.15) is 0 Å². The van der Waals surface area contributed by atoms with E-state index >= 15 is 0 Å². The number of nitro groups is 1. The number of benzene rings is 2. The Bertz CT molecular complexity index is 722. The van der Waals surface area contributed by atoms with Crippen LogP contribution in [0.5, 0.6) is 0 Å². The van der Waals surface area contributed by atoms with Crippen LogP contribution in [0, 0.1) is 15.9 Å². The number of hydrogen-bond donors (Lipinski definition) is 1. The third kappa shape index (κ3) is 4.64. The Morgan fingerprint density at radius 3 is 2.57 bits per heavy atom. The highest BCUT2D eigenvalue weighted by Gasteiger charge is 2.10. The van der Waals surface area contributed by atoms with Gasteiger partial charge in [-0.25, -0.2) is 4.39 Å². The van der Waals surface area contributed by atoms with Gasteiger partial charge >= 0.3 is 0 Å². The lowest BCUT2D eigenvalue weighted by Gasteiger charge is -2.12. The fourth-order valence-electron chi connectivity index (χ4n) is 2.13. The molecule has 0 bridgehead atoms. The van der Waals surface area contributed by atoms with Crippen LogP contribution in [0.4, 0.5) is 15.8 Å². The molecule has 0 saturated carbocycles. The highest BCUT2D eigenvalue weighted by Crippen LogP contribution is 2.27. The molecule has 0 heterocycles. The minimum Gasteiger partial charge on any atom is -0.380 e. The lowest BCUT2D eigenvalue weighted by molar-refractivity contribution is -0.384. The zero-order valence-electron chi connectivity index (χ0n) is 12.8. The molecule has 2 aromatic carbocycles. The number of rotatable bonds is 6. The van der Waals surface area contributed by atoms with Gasteiger partial charge in [0.25, 0.3) is 5.69 Å². The van der Waals surface area contributed by atoms with Gasteiger partial charge in [-0.05, 0) is 31.8 Å². The maximum Gasteiger partial charge on any atom is 0.271 e. The third-order valence-electron chi connectivity index (χ3n) is 3.25. The SMILES string of the molecule is CN(C)Cc1ccc(CNc2ccc([N+](=O)[O-])cc2Cl)cc1F. The smallest absolute Gasteiger partial charge is 0.271 e. The third-order valence-corrected chi connectivity index (χ3v) is 3.56. The molecule has 23 heavy (non-hydrogen) atoms. The number of anilines is 1. The Morgan fingerprint density at radius 2 is 2.00 bits per heavy atom. The Balaban J connectivity index is 2.06. The maximum atomic E-state index is 14.0. The summed E-state index contributed by atoms with van der Waals surface area (Å²) < 4.78 is 14.0. The van der Waals surface area contributed by atoms with Crippen LogP contribution in [-0.4, -0.2) is 23.9 Å². The molecule has 7 heteroatoms. The summed E-state index contributed by atoms with van der Waals surface area (Å²) in [5.41, 5.74) is 1.89. The quantitative estimate of drug-likeness (QED) is 0.638. The van der Waals surface area contributed by atoms with Crippen molar-refractivity contribution in [2.24, 2.45) is 0 Å². The molecule has 0 fully saturated rings. The predicted octanol–water partition coefficient (Wildman–Crippen LogP) is 4.06. The minimum absolute atomic E-state index is 0.0698. The van der Waals surface area contributed by atoms with E-state index in [1.807, 2.05) is 25.1 Å². The number of hydrogen-bond acceptors (Lipinski definition) is 4. The molecule has 0 aliphatic heterocycles. The van der Waals surface area contributed by atoms with Gasteiger partial charge < -0.3 is 10.2 Å². The molecule has 0 saturated heterocycles. The lowest BCUT2D eigenvalue weighted by Crippen LogP contribution is -2.12. The number of nitro benzene ring substituents is 1. The van der Waals surface area contributed by atoms with E-state index in [1.165, 1.54) is 24.3 Å². The van der Waals surface area contributed by atoms with Crippen LogP contribution >= 0.6 is 11.6 Å². The topological polar surface area (TPSA) is 58.4 Å². The van der Waals surface area contributed by atoms with E-state index in [0.29, 0.717) is 24.3 Å². The van der Waals surface area contributed by atoms with Gasteiger partial charge in [0.05, 0.1) is 15.6 Å². The second kappa shape index (κ2) is 7.39. The normalized spacial score (nSPS) is 10.8. The van der Waals surface area contributed by atoms with E-state index in [1.54, 1.807) is 6.07 Å². The second-order valence-corrected chi connectivity index (χ2v) is 5.85. The fraction of sp³-hybridized carbons (Fsp3) is 0.250. The van der Waals surface area contributed by atoms with E-state index in [9.17, 15) is 14.5 Å². The maximum absolute atomic E-state index is 14.0. The average molecular weight is 338 g/mol. The van der Waals surface area contributed by atoms with E-state index in [4.69, 9.17) is 11.6 Å². The van der Waals surface area contributed by atoms with E-state index < -0.39 is 4.92 Å². The van der Waals surface area contributed by atoms with Gasteiger partial charge in [0.2, 0.25) is 0 Å². The van der Waals surface area contributed by atoms with Gasteiger partial charge in [-0.15, -0.1) is 0 Å². The van der Waals surface area contributed by atoms with Crippen LogP contribution in [0.15, 0.2) is 36.4 Å². The first kappa shape index (κ1) is 17.2. The summed E-state index contributed by atoms with van der Waals surface area (Å²) in [5, 5.41) is 14.0. The molecule has 0 atom stereocenters. The fourth-order valence-corrected chi connectivity index (χ4v) is 2.37. The average Bonchev–Trinajstić information content (AvgIpc) is 2.48. The summed E-state index contributed by atoms with van der Waals surface area (Å²) in [7, 11) is 3.76. The molecule has 0 amide bonds. The standard InChI is InChI=1S/C16H17ClFN3O2/c1-20(2)10-12-4-3-11(7-15(12)18)9-19-16-6-5-13(21(22)23)8-14(16)17/h3-8,19H,9-10H2,1-2H3. The molecule has 122 valence electrons. The minimum atomic E-state index is -0.505. The molecule has 0 aliphatic carbocycles. The summed E-state index contributed by atoms with van der Waals surface area (Å²) >= 11 is 6.01. The van der Waals surface area contributed by atoms with Crippen molar-refractivity contribution < 1.29 is 9.31 Å². The molecule has 1 N–H and O–H groups in total. The largest absolute Gasteiger partial charge is 0.380 e. The zero-order chi connectivity index (χ0) is 17.0. The second-order valence-electron chi connectivity index (χ2n) is 5.44. The van der Waals surface area contributed by atoms with E-state index in [0.717, 1.165) is 5.56 Å². The molecule has 0 spiro atoms. The van der Waals surface area contributed by atoms with Crippen molar-refractivity contribution in [1.29, 1.82) is 0 Å². The van der Waals surface area contributed by atoms with Crippen LogP contribution in [0.25, 0.3) is 0 Å². The number of nitrogens with one attached hydrogen (secondary N) is 1. The molecule has 0 aromatic heterocycles. The van der Waals surface area contributed by atoms with Crippen LogP contribution in [-0.2, 0) is 13.1 Å². The summed E-state index contributed by atoms with van der Waals surface area (Å²) in [6.45, 7) is 0.907. The van der Waals surface area contributed by atoms with Crippen molar-refractivity contribution in [3.05, 3.63) is 68.5 Å². The molecule has 0 aliphatic rings. The molecular weight excluding hydrogens is 321 g/mol. The first-order valence-electron chi connectivity index (χ1n) is 6.96. The number of halogens is 2. The van der Waals surface area contributed by atoms with Crippen molar-refractivity contribution in [3.63, 3.8) is 0 Å². The Hall–Kier alpha value is -2.18. The van der Waals surface area contributed by atoms with Crippen LogP contribution in [0.3, 0.4) is 0 Å². The summed E-state index contributed by atoms with van der Waals surface area (Å²) in [5.74, 6) is -0.257. The van der Waals surface area contributed by atoms with Gasteiger partial charge in [0, 0.05) is 30.8 Å². The highest BCUT2D eigenvalue weighted by molar-refractivity contribution is 6.33. The van der Waals surface area contributed by atoms with Gasteiger partial charge in [-0.1, -0.05) is 23.7 Å². The molecule has 0 unspecified atom stereocenters. The van der Waals surface area contributed by atoms with Crippen molar-refractivity contribution in [2.75, 3.05) is 19.4 Å². The molecular formula is C16H17ClFN3O2. The zero-order valence-corrected chi connectivity index (χ0v) is 13.6. The Kier molecular flexibility index (Phi) is 5.52. The predicted molar refractivity (Wildman–Crippen MR) is 89.2 cm³/mol. The molecule has 2 aromatic rings. The van der Waals surface area contributed by atoms with Crippen molar-refractivity contribution in [1.82, 2.24) is 4.90 Å². The summed E-state index contributed by atoms with van der Waals surface area (Å²) in [6.07, 6.45) is 0. The van der Waals surface area contributed by atoms with Crippen LogP contribution in [0.1, 0.15) is 11.1 Å². The van der Waals surface area contributed by atoms with Crippen LogP contribution in [0.2, 0.25) is 5.02 Å². The summed E-state index contributed by atoms with van der Waals surface area (Å²) in [6, 6.07) is 9.26. The van der Waals surface area contributed by atoms with Gasteiger partial charge in [-0.3, -0.25) is 10.1 Å². The Morgan fingerprint density at radius 1 is 1.26 bits per heavy atom. The molecule has 2 rings (SSSR count). The number of non-ortho nitro benzene ring substituents is 1. The molecule has 5 nitrogen and oxygen atoms in total. The number of nitrogens with zero attached hydrogens (tertiary/aromatic N) is 2. The van der Waals surface area contributed by atoms with Crippen molar-refractivity contribution in [3.8, 4) is 0 Å². The lowest BCUT2D eigenvalue weighted by atomic mass is 10.1. The summed E-state index contributed by atoms with van der Waals surface area (Å²) in [4.78, 5) is 12.1. The van der Waals surface area contributed by atoms with E-state index in [2.05, 4.69) is 5.32 Å². The van der Waals surface area contributed by atoms with Crippen LogP contribution < -0.4 is 5.32 Å². The highest BCUT2D eigenvalue weighted by atomic mass is 35.5.